The van der Waals surface area contributed by atoms with Crippen LogP contribution in [0.25, 0.3) is 5.69 Å². The third-order valence-electron chi connectivity index (χ3n) is 3.89. The third-order valence-corrected chi connectivity index (χ3v) is 4.20. The van der Waals surface area contributed by atoms with Crippen LogP contribution in [-0.4, -0.2) is 15.3 Å². The van der Waals surface area contributed by atoms with Gasteiger partial charge in [0, 0.05) is 17.0 Å². The van der Waals surface area contributed by atoms with Gasteiger partial charge in [0.2, 0.25) is 0 Å². The molecule has 0 spiro atoms. The monoisotopic (exact) mass is 307 g/mol. The summed E-state index contributed by atoms with van der Waals surface area (Å²) < 4.78 is 2.10. The van der Waals surface area contributed by atoms with Gasteiger partial charge >= 0.3 is 0 Å². The normalized spacial score (nSPS) is 13.0. The highest BCUT2D eigenvalue weighted by molar-refractivity contribution is 6.18. The average molecular weight is 308 g/mol. The van der Waals surface area contributed by atoms with Crippen LogP contribution in [0.4, 0.5) is 0 Å². The number of aromatic nitrogens is 2. The van der Waals surface area contributed by atoms with E-state index in [1.54, 1.807) is 0 Å². The summed E-state index contributed by atoms with van der Waals surface area (Å²) in [5, 5.41) is 0. The molecule has 0 fully saturated rings. The molecule has 22 heavy (non-hydrogen) atoms. The highest BCUT2D eigenvalue weighted by atomic mass is 35.5. The molecule has 1 aliphatic heterocycles. The van der Waals surface area contributed by atoms with Gasteiger partial charge in [0.05, 0.1) is 36.2 Å². The summed E-state index contributed by atoms with van der Waals surface area (Å²) in [6.45, 7) is 0.620. The van der Waals surface area contributed by atoms with Crippen LogP contribution in [0.1, 0.15) is 22.4 Å². The summed E-state index contributed by atoms with van der Waals surface area (Å²) in [6.07, 6.45) is 3.72. The van der Waals surface area contributed by atoms with E-state index in [4.69, 9.17) is 16.6 Å². The second kappa shape index (κ2) is 5.43. The van der Waals surface area contributed by atoms with Crippen LogP contribution in [0, 0.1) is 0 Å². The first-order valence-corrected chi connectivity index (χ1v) is 7.71. The molecule has 0 unspecified atom stereocenters. The number of benzene rings is 2. The Labute approximate surface area is 133 Å². The Morgan fingerprint density at radius 2 is 1.95 bits per heavy atom. The second-order valence-electron chi connectivity index (χ2n) is 5.27. The van der Waals surface area contributed by atoms with Gasteiger partial charge in [-0.15, -0.1) is 11.6 Å². The Morgan fingerprint density at radius 1 is 1.09 bits per heavy atom. The average Bonchev–Trinajstić information content (AvgIpc) is 2.98. The zero-order valence-corrected chi connectivity index (χ0v) is 12.7. The van der Waals surface area contributed by atoms with Gasteiger partial charge < -0.3 is 4.57 Å². The molecule has 0 aliphatic carbocycles. The molecule has 0 saturated heterocycles. The minimum absolute atomic E-state index is 0.492. The summed E-state index contributed by atoms with van der Waals surface area (Å²) in [7, 11) is 0. The molecule has 1 aliphatic rings. The van der Waals surface area contributed by atoms with Crippen molar-refractivity contribution >= 4 is 17.3 Å². The fourth-order valence-corrected chi connectivity index (χ4v) is 2.98. The summed E-state index contributed by atoms with van der Waals surface area (Å²) in [6, 6.07) is 16.6. The number of halogens is 1. The lowest BCUT2D eigenvalue weighted by molar-refractivity contribution is 0.923. The van der Waals surface area contributed by atoms with Crippen LogP contribution in [-0.2, 0) is 12.4 Å². The number of aliphatic imine (C=N–C) groups is 1. The predicted molar refractivity (Wildman–Crippen MR) is 88.9 cm³/mol. The van der Waals surface area contributed by atoms with Crippen molar-refractivity contribution < 1.29 is 0 Å². The van der Waals surface area contributed by atoms with E-state index in [0.29, 0.717) is 12.4 Å². The quantitative estimate of drug-likeness (QED) is 0.659. The number of alkyl halides is 1. The molecule has 0 radical (unpaired) electrons. The van der Waals surface area contributed by atoms with Gasteiger partial charge in [-0.2, -0.15) is 0 Å². The van der Waals surface area contributed by atoms with Crippen molar-refractivity contribution in [3.05, 3.63) is 83.4 Å². The zero-order chi connectivity index (χ0) is 14.9. The van der Waals surface area contributed by atoms with E-state index in [-0.39, 0.29) is 0 Å². The Bertz CT molecular complexity index is 850. The fourth-order valence-electron chi connectivity index (χ4n) is 2.81. The molecule has 0 bridgehead atoms. The van der Waals surface area contributed by atoms with E-state index in [1.807, 2.05) is 30.7 Å². The molecule has 0 saturated carbocycles. The molecule has 4 rings (SSSR count). The minimum Gasteiger partial charge on any atom is -0.301 e. The maximum atomic E-state index is 6.02. The molecule has 2 aromatic carbocycles. The van der Waals surface area contributed by atoms with Gasteiger partial charge in [-0.1, -0.05) is 36.4 Å². The van der Waals surface area contributed by atoms with E-state index in [2.05, 4.69) is 39.9 Å². The molecular weight excluding hydrogens is 294 g/mol. The van der Waals surface area contributed by atoms with Crippen molar-refractivity contribution in [3.8, 4) is 5.69 Å². The smallest absolute Gasteiger partial charge is 0.0995 e. The Morgan fingerprint density at radius 3 is 2.77 bits per heavy atom. The van der Waals surface area contributed by atoms with E-state index >= 15 is 0 Å². The maximum Gasteiger partial charge on any atom is 0.0995 e. The van der Waals surface area contributed by atoms with Crippen LogP contribution >= 0.6 is 11.6 Å². The van der Waals surface area contributed by atoms with Crippen molar-refractivity contribution in [2.45, 2.75) is 12.4 Å². The number of hydrogen-bond donors (Lipinski definition) is 0. The third kappa shape index (κ3) is 2.14. The van der Waals surface area contributed by atoms with Gasteiger partial charge in [-0.25, -0.2) is 4.98 Å². The Hall–Kier alpha value is -2.39. The number of imidazole rings is 1. The van der Waals surface area contributed by atoms with E-state index < -0.39 is 0 Å². The maximum absolute atomic E-state index is 6.02. The van der Waals surface area contributed by atoms with Gasteiger partial charge in [0.1, 0.15) is 0 Å². The number of hydrogen-bond acceptors (Lipinski definition) is 2. The molecule has 2 heterocycles. The Kier molecular flexibility index (Phi) is 3.28. The Balaban J connectivity index is 1.98. The van der Waals surface area contributed by atoms with Crippen molar-refractivity contribution in [1.29, 1.82) is 0 Å². The molecule has 0 atom stereocenters. The van der Waals surface area contributed by atoms with Crippen molar-refractivity contribution in [1.82, 2.24) is 9.55 Å². The number of nitrogens with zero attached hydrogens (tertiary/aromatic N) is 3. The van der Waals surface area contributed by atoms with Crippen LogP contribution in [0.3, 0.4) is 0 Å². The van der Waals surface area contributed by atoms with Crippen LogP contribution in [0.15, 0.2) is 66.0 Å². The first-order valence-electron chi connectivity index (χ1n) is 7.17. The molecule has 0 amide bonds. The SMILES string of the molecule is ClCc1ccc2c(c1)C(c1ccccc1)=NCc1cncn1-2. The molecule has 1 aromatic heterocycles. The minimum atomic E-state index is 0.492. The number of fused-ring (bicyclic) bond motifs is 3. The van der Waals surface area contributed by atoms with Gasteiger partial charge in [0.25, 0.3) is 0 Å². The zero-order valence-electron chi connectivity index (χ0n) is 11.9. The lowest BCUT2D eigenvalue weighted by Gasteiger charge is -2.13. The summed E-state index contributed by atoms with van der Waals surface area (Å²) in [4.78, 5) is 9.09. The molecule has 108 valence electrons. The number of rotatable bonds is 2. The van der Waals surface area contributed by atoms with E-state index in [9.17, 15) is 0 Å². The lowest BCUT2D eigenvalue weighted by Crippen LogP contribution is -2.07. The standard InChI is InChI=1S/C18H14ClN3/c19-9-13-6-7-17-16(8-13)18(14-4-2-1-3-5-14)21-11-15-10-20-12-22(15)17/h1-8,10,12H,9,11H2. The van der Waals surface area contributed by atoms with Gasteiger partial charge in [-0.05, 0) is 17.7 Å². The predicted octanol–water partition coefficient (Wildman–Crippen LogP) is 3.96. The molecular formula is C18H14ClN3. The molecule has 3 nitrogen and oxygen atoms in total. The van der Waals surface area contributed by atoms with Crippen molar-refractivity contribution in [2.24, 2.45) is 4.99 Å². The van der Waals surface area contributed by atoms with E-state index in [1.165, 1.54) is 0 Å². The summed E-state index contributed by atoms with van der Waals surface area (Å²) in [5.41, 5.74) is 6.50. The van der Waals surface area contributed by atoms with Gasteiger partial charge in [0.15, 0.2) is 0 Å². The van der Waals surface area contributed by atoms with Gasteiger partial charge in [-0.3, -0.25) is 4.99 Å². The first kappa shape index (κ1) is 13.3. The van der Waals surface area contributed by atoms with Crippen LogP contribution in [0.5, 0.6) is 0 Å². The first-order chi connectivity index (χ1) is 10.9. The summed E-state index contributed by atoms with van der Waals surface area (Å²) >= 11 is 6.02. The lowest BCUT2D eigenvalue weighted by atomic mass is 9.99. The largest absolute Gasteiger partial charge is 0.301 e. The van der Waals surface area contributed by atoms with Crippen LogP contribution < -0.4 is 0 Å². The molecule has 0 N–H and O–H groups in total. The van der Waals surface area contributed by atoms with Crippen LogP contribution in [0.2, 0.25) is 0 Å². The molecule has 4 heteroatoms. The topological polar surface area (TPSA) is 30.2 Å². The van der Waals surface area contributed by atoms with Crippen molar-refractivity contribution in [2.75, 3.05) is 0 Å². The summed E-state index contributed by atoms with van der Waals surface area (Å²) in [5.74, 6) is 0.492. The highest BCUT2D eigenvalue weighted by Gasteiger charge is 2.18. The second-order valence-corrected chi connectivity index (χ2v) is 5.54. The van der Waals surface area contributed by atoms with E-state index in [0.717, 1.165) is 33.8 Å². The van der Waals surface area contributed by atoms with Crippen molar-refractivity contribution in [3.63, 3.8) is 0 Å². The molecule has 3 aromatic rings. The fraction of sp³-hybridized carbons (Fsp3) is 0.111. The highest BCUT2D eigenvalue weighted by Crippen LogP contribution is 2.26.